The van der Waals surface area contributed by atoms with Gasteiger partial charge in [0.1, 0.15) is 0 Å². The zero-order chi connectivity index (χ0) is 19.4. The molecule has 0 saturated carbocycles. The molecule has 0 spiro atoms. The molecule has 2 aromatic rings. The van der Waals surface area contributed by atoms with E-state index in [1.807, 2.05) is 12.1 Å². The first-order valence-corrected chi connectivity index (χ1v) is 8.50. The quantitative estimate of drug-likeness (QED) is 0.521. The van der Waals surface area contributed by atoms with Crippen molar-refractivity contribution in [2.24, 2.45) is 4.99 Å². The van der Waals surface area contributed by atoms with E-state index in [-0.39, 0.29) is 5.91 Å². The third kappa shape index (κ3) is 3.67. The van der Waals surface area contributed by atoms with E-state index < -0.39 is 5.79 Å². The molecule has 0 atom stereocenters. The average molecular weight is 384 g/mol. The number of nitrogens with zero attached hydrogens (tertiary/aromatic N) is 4. The van der Waals surface area contributed by atoms with Crippen LogP contribution < -0.4 is 16.1 Å². The lowest BCUT2D eigenvalue weighted by molar-refractivity contribution is -0.135. The number of aliphatic imine (C=N–C) groups is 1. The Hall–Kier alpha value is -2.83. The summed E-state index contributed by atoms with van der Waals surface area (Å²) in [4.78, 5) is 25.6. The minimum Gasteiger partial charge on any atom is -0.275 e. The molecule has 1 aliphatic heterocycles. The van der Waals surface area contributed by atoms with Gasteiger partial charge in [-0.1, -0.05) is 29.5 Å². The van der Waals surface area contributed by atoms with Crippen LogP contribution in [0, 0.1) is 11.8 Å². The molecule has 9 heteroatoms. The highest BCUT2D eigenvalue weighted by molar-refractivity contribution is 6.30. The highest BCUT2D eigenvalue weighted by Crippen LogP contribution is 2.18. The van der Waals surface area contributed by atoms with Crippen LogP contribution in [-0.4, -0.2) is 53.6 Å². The molecule has 138 valence electrons. The van der Waals surface area contributed by atoms with Crippen LogP contribution >= 0.6 is 11.6 Å². The second-order valence-electron chi connectivity index (χ2n) is 5.57. The summed E-state index contributed by atoms with van der Waals surface area (Å²) in [7, 11) is 4.91. The van der Waals surface area contributed by atoms with Crippen LogP contribution in [0.15, 0.2) is 41.7 Å². The molecule has 0 fully saturated rings. The second kappa shape index (κ2) is 7.82. The molecule has 3 N–H and O–H groups in total. The van der Waals surface area contributed by atoms with Crippen molar-refractivity contribution in [3.8, 4) is 11.8 Å². The van der Waals surface area contributed by atoms with Crippen LogP contribution in [0.1, 0.15) is 17.0 Å². The fourth-order valence-electron chi connectivity index (χ4n) is 2.54. The predicted octanol–water partition coefficient (Wildman–Crippen LogP) is 0.346. The van der Waals surface area contributed by atoms with Gasteiger partial charge in [-0.25, -0.2) is 25.4 Å². The molecule has 8 nitrogen and oxygen atoms in total. The maximum atomic E-state index is 12.6. The minimum atomic E-state index is -1.26. The van der Waals surface area contributed by atoms with E-state index >= 15 is 0 Å². The van der Waals surface area contributed by atoms with Gasteiger partial charge in [-0.15, -0.1) is 0 Å². The van der Waals surface area contributed by atoms with Gasteiger partial charge in [-0.2, -0.15) is 0 Å². The maximum absolute atomic E-state index is 12.6. The Morgan fingerprint density at radius 1 is 1.07 bits per heavy atom. The number of hydrazine groups is 1. The van der Waals surface area contributed by atoms with Crippen LogP contribution in [0.4, 0.5) is 0 Å². The van der Waals surface area contributed by atoms with E-state index in [2.05, 4.69) is 42.9 Å². The normalized spacial score (nSPS) is 15.3. The third-order valence-corrected chi connectivity index (χ3v) is 4.21. The molecule has 3 rings (SSSR count). The van der Waals surface area contributed by atoms with Gasteiger partial charge in [-0.05, 0) is 32.3 Å². The van der Waals surface area contributed by atoms with Crippen molar-refractivity contribution in [2.75, 3.05) is 21.1 Å². The standard InChI is InChI=1S/C18H18ClN7O/c1-20-18(21-2)17(27)26(22-3)16(25-18)15-23-10-13(11-24-15)8-7-12-5-4-6-14(19)9-12/h4-6,9-11,20-22H,1-3H3. The van der Waals surface area contributed by atoms with Crippen molar-refractivity contribution in [2.45, 2.75) is 5.79 Å². The lowest BCUT2D eigenvalue weighted by Crippen LogP contribution is -2.61. The van der Waals surface area contributed by atoms with E-state index in [4.69, 9.17) is 11.6 Å². The molecule has 1 amide bonds. The number of benzene rings is 1. The Bertz CT molecular complexity index is 942. The van der Waals surface area contributed by atoms with Crippen LogP contribution in [0.5, 0.6) is 0 Å². The fraction of sp³-hybridized carbons (Fsp3) is 0.222. The summed E-state index contributed by atoms with van der Waals surface area (Å²) in [5.74, 6) is 5.04. The number of carbonyl (C=O) groups is 1. The van der Waals surface area contributed by atoms with Crippen molar-refractivity contribution >= 4 is 23.3 Å². The molecular weight excluding hydrogens is 366 g/mol. The van der Waals surface area contributed by atoms with Gasteiger partial charge in [0.2, 0.25) is 5.79 Å². The predicted molar refractivity (Wildman–Crippen MR) is 103 cm³/mol. The summed E-state index contributed by atoms with van der Waals surface area (Å²) >= 11 is 5.95. The molecule has 0 bridgehead atoms. The van der Waals surface area contributed by atoms with Crippen molar-refractivity contribution in [1.82, 2.24) is 31.0 Å². The topological polar surface area (TPSA) is 94.5 Å². The van der Waals surface area contributed by atoms with E-state index in [0.717, 1.165) is 5.56 Å². The summed E-state index contributed by atoms with van der Waals surface area (Å²) in [6.45, 7) is 0. The Morgan fingerprint density at radius 2 is 1.74 bits per heavy atom. The van der Waals surface area contributed by atoms with Crippen LogP contribution in [0.3, 0.4) is 0 Å². The van der Waals surface area contributed by atoms with Gasteiger partial charge in [0.05, 0.1) is 5.56 Å². The van der Waals surface area contributed by atoms with E-state index in [1.165, 1.54) is 5.01 Å². The average Bonchev–Trinajstić information content (AvgIpc) is 2.99. The Balaban J connectivity index is 1.88. The number of amides is 1. The molecule has 1 aromatic heterocycles. The second-order valence-corrected chi connectivity index (χ2v) is 6.00. The smallest absolute Gasteiger partial charge is 0.275 e. The van der Waals surface area contributed by atoms with Crippen molar-refractivity contribution in [3.05, 3.63) is 58.6 Å². The molecule has 0 unspecified atom stereocenters. The highest BCUT2D eigenvalue weighted by Gasteiger charge is 2.47. The molecule has 1 aromatic carbocycles. The maximum Gasteiger partial charge on any atom is 0.301 e. The molecule has 1 aliphatic rings. The summed E-state index contributed by atoms with van der Waals surface area (Å²) in [6, 6.07) is 7.27. The number of amidine groups is 1. The summed E-state index contributed by atoms with van der Waals surface area (Å²) < 4.78 is 0. The molecular formula is C18H18ClN7O. The first-order valence-electron chi connectivity index (χ1n) is 8.12. The fourth-order valence-corrected chi connectivity index (χ4v) is 2.73. The van der Waals surface area contributed by atoms with E-state index in [9.17, 15) is 4.79 Å². The number of nitrogens with one attached hydrogen (secondary N) is 3. The number of carbonyl (C=O) groups excluding carboxylic acids is 1. The summed E-state index contributed by atoms with van der Waals surface area (Å²) in [6.07, 6.45) is 3.17. The first kappa shape index (κ1) is 18.9. The van der Waals surface area contributed by atoms with Gasteiger partial charge in [0, 0.05) is 30.0 Å². The molecule has 0 saturated heterocycles. The summed E-state index contributed by atoms with van der Waals surface area (Å²) in [5, 5.41) is 7.67. The largest absolute Gasteiger partial charge is 0.301 e. The number of hydrogen-bond acceptors (Lipinski definition) is 7. The molecule has 2 heterocycles. The molecule has 0 aliphatic carbocycles. The Labute approximate surface area is 162 Å². The van der Waals surface area contributed by atoms with Gasteiger partial charge < -0.3 is 0 Å². The first-order chi connectivity index (χ1) is 13.0. The van der Waals surface area contributed by atoms with Crippen LogP contribution in [0.2, 0.25) is 5.02 Å². The SMILES string of the molecule is CNN1C(=O)C(NC)(NC)N=C1c1ncc(C#Cc2cccc(Cl)c2)cn1. The van der Waals surface area contributed by atoms with Gasteiger partial charge in [0.15, 0.2) is 11.7 Å². The number of halogens is 1. The number of likely N-dealkylation sites (N-methyl/N-ethyl adjacent to an activating group) is 2. The van der Waals surface area contributed by atoms with Crippen molar-refractivity contribution in [3.63, 3.8) is 0 Å². The van der Waals surface area contributed by atoms with Gasteiger partial charge in [-0.3, -0.25) is 15.4 Å². The molecule has 0 radical (unpaired) electrons. The van der Waals surface area contributed by atoms with Gasteiger partial charge in [0.25, 0.3) is 0 Å². The lowest BCUT2D eigenvalue weighted by atomic mass is 10.2. The number of aromatic nitrogens is 2. The highest BCUT2D eigenvalue weighted by atomic mass is 35.5. The summed E-state index contributed by atoms with van der Waals surface area (Å²) in [5.41, 5.74) is 4.23. The molecule has 27 heavy (non-hydrogen) atoms. The third-order valence-electron chi connectivity index (χ3n) is 3.97. The zero-order valence-electron chi connectivity index (χ0n) is 15.0. The Kier molecular flexibility index (Phi) is 5.48. The van der Waals surface area contributed by atoms with E-state index in [1.54, 1.807) is 45.7 Å². The van der Waals surface area contributed by atoms with Crippen molar-refractivity contribution < 1.29 is 4.79 Å². The van der Waals surface area contributed by atoms with E-state index in [0.29, 0.717) is 22.2 Å². The van der Waals surface area contributed by atoms with Crippen LogP contribution in [0.25, 0.3) is 0 Å². The monoisotopic (exact) mass is 383 g/mol. The zero-order valence-corrected chi connectivity index (χ0v) is 15.8. The van der Waals surface area contributed by atoms with Gasteiger partial charge >= 0.3 is 5.91 Å². The van der Waals surface area contributed by atoms with Crippen LogP contribution in [-0.2, 0) is 4.79 Å². The van der Waals surface area contributed by atoms with Crippen molar-refractivity contribution in [1.29, 1.82) is 0 Å². The Morgan fingerprint density at radius 3 is 2.33 bits per heavy atom. The lowest BCUT2D eigenvalue weighted by Gasteiger charge is -2.24. The minimum absolute atomic E-state index is 0.304. The number of rotatable bonds is 4. The number of hydrogen-bond donors (Lipinski definition) is 3.